The Hall–Kier alpha value is -4.09. The molecule has 2 amide bonds. The van der Waals surface area contributed by atoms with Crippen molar-refractivity contribution in [1.29, 1.82) is 0 Å². The highest BCUT2D eigenvalue weighted by molar-refractivity contribution is 8.18. The van der Waals surface area contributed by atoms with Gasteiger partial charge in [-0.15, -0.1) is 0 Å². The number of rotatable bonds is 5. The first-order valence-corrected chi connectivity index (χ1v) is 12.7. The third-order valence-electron chi connectivity index (χ3n) is 6.66. The average Bonchev–Trinajstić information content (AvgIpc) is 3.37. The summed E-state index contributed by atoms with van der Waals surface area (Å²) in [7, 11) is 0. The van der Waals surface area contributed by atoms with Crippen LogP contribution in [0.2, 0.25) is 0 Å². The number of carbonyl (C=O) groups excluding carboxylic acids is 2. The fourth-order valence-corrected chi connectivity index (χ4v) is 5.62. The largest absolute Gasteiger partial charge is 0.342 e. The van der Waals surface area contributed by atoms with Crippen molar-refractivity contribution in [3.8, 4) is 0 Å². The van der Waals surface area contributed by atoms with E-state index in [-0.39, 0.29) is 17.7 Å². The Balaban J connectivity index is 1.32. The van der Waals surface area contributed by atoms with Crippen LogP contribution in [0.3, 0.4) is 0 Å². The van der Waals surface area contributed by atoms with Gasteiger partial charge in [-0.25, -0.2) is 0 Å². The number of aryl methyl sites for hydroxylation is 1. The number of benzene rings is 4. The van der Waals surface area contributed by atoms with Gasteiger partial charge in [0, 0.05) is 29.2 Å². The van der Waals surface area contributed by atoms with Crippen LogP contribution in [0.1, 0.15) is 22.3 Å². The fourth-order valence-electron chi connectivity index (χ4n) is 4.79. The normalized spacial score (nSPS) is 15.0. The number of aromatic nitrogens is 1. The summed E-state index contributed by atoms with van der Waals surface area (Å²) in [4.78, 5) is 28.0. The zero-order valence-corrected chi connectivity index (χ0v) is 20.7. The van der Waals surface area contributed by atoms with Gasteiger partial charge in [-0.1, -0.05) is 90.5 Å². The second-order valence-corrected chi connectivity index (χ2v) is 10.1. The molecule has 1 fully saturated rings. The van der Waals surface area contributed by atoms with E-state index in [0.717, 1.165) is 51.1 Å². The molecule has 0 bridgehead atoms. The van der Waals surface area contributed by atoms with Crippen molar-refractivity contribution in [2.75, 3.05) is 0 Å². The predicted molar refractivity (Wildman–Crippen MR) is 148 cm³/mol. The van der Waals surface area contributed by atoms with Crippen LogP contribution in [-0.2, 0) is 17.9 Å². The van der Waals surface area contributed by atoms with E-state index >= 15 is 0 Å². The average molecular weight is 489 g/mol. The van der Waals surface area contributed by atoms with Crippen LogP contribution >= 0.6 is 11.8 Å². The van der Waals surface area contributed by atoms with Crippen LogP contribution in [0.4, 0.5) is 4.79 Å². The highest BCUT2D eigenvalue weighted by Crippen LogP contribution is 2.36. The van der Waals surface area contributed by atoms with E-state index in [0.29, 0.717) is 4.91 Å². The summed E-state index contributed by atoms with van der Waals surface area (Å²) in [6.45, 7) is 3.08. The topological polar surface area (TPSA) is 42.3 Å². The Kier molecular flexibility index (Phi) is 5.70. The Labute approximate surface area is 213 Å². The van der Waals surface area contributed by atoms with E-state index < -0.39 is 0 Å². The molecule has 5 aromatic rings. The molecule has 0 spiro atoms. The van der Waals surface area contributed by atoms with Crippen LogP contribution in [0, 0.1) is 6.92 Å². The monoisotopic (exact) mass is 488 g/mol. The summed E-state index contributed by atoms with van der Waals surface area (Å²) in [5, 5.41) is 2.98. The lowest BCUT2D eigenvalue weighted by Gasteiger charge is -2.14. The molecule has 4 aromatic carbocycles. The number of imide groups is 1. The van der Waals surface area contributed by atoms with E-state index in [1.54, 1.807) is 0 Å². The van der Waals surface area contributed by atoms with E-state index in [1.165, 1.54) is 16.0 Å². The number of amides is 2. The Morgan fingerprint density at radius 1 is 0.778 bits per heavy atom. The van der Waals surface area contributed by atoms with E-state index in [2.05, 4.69) is 54.1 Å². The summed E-state index contributed by atoms with van der Waals surface area (Å²) in [6, 6.07) is 30.7. The number of hydrogen-bond donors (Lipinski definition) is 0. The minimum absolute atomic E-state index is 0.234. The Bertz CT molecular complexity index is 1660. The van der Waals surface area contributed by atoms with Gasteiger partial charge < -0.3 is 4.57 Å². The van der Waals surface area contributed by atoms with Gasteiger partial charge in [0.05, 0.1) is 11.4 Å². The number of hydrogen-bond acceptors (Lipinski definition) is 3. The third kappa shape index (κ3) is 4.12. The second-order valence-electron chi connectivity index (χ2n) is 9.12. The van der Waals surface area contributed by atoms with Gasteiger partial charge >= 0.3 is 0 Å². The lowest BCUT2D eigenvalue weighted by Crippen LogP contribution is -2.27. The lowest BCUT2D eigenvalue weighted by molar-refractivity contribution is -0.123. The van der Waals surface area contributed by atoms with Crippen molar-refractivity contribution in [3.05, 3.63) is 124 Å². The van der Waals surface area contributed by atoms with Gasteiger partial charge in [-0.2, -0.15) is 0 Å². The number of carbonyl (C=O) groups is 2. The number of fused-ring (bicyclic) bond motifs is 2. The van der Waals surface area contributed by atoms with E-state index in [1.807, 2.05) is 60.7 Å². The van der Waals surface area contributed by atoms with Crippen molar-refractivity contribution in [2.24, 2.45) is 0 Å². The molecule has 1 saturated heterocycles. The van der Waals surface area contributed by atoms with Gasteiger partial charge in [0.25, 0.3) is 11.1 Å². The molecular formula is C31H24N2O2S. The zero-order valence-electron chi connectivity index (χ0n) is 19.8. The lowest BCUT2D eigenvalue weighted by atomic mass is 10.0. The maximum absolute atomic E-state index is 13.3. The standard InChI is InChI=1S/C31H24N2O2S/c1-21-13-15-22(16-14-21)18-32-19-25(27-11-4-5-12-28(27)32)17-29-30(34)33(31(35)36-29)20-24-9-6-8-23-7-2-3-10-26(23)24/h2-17,19H,18,20H2,1H3/b29-17-. The minimum atomic E-state index is -0.242. The molecule has 0 saturated carbocycles. The number of thioether (sulfide) groups is 1. The summed E-state index contributed by atoms with van der Waals surface area (Å²) in [5.41, 5.74) is 5.44. The highest BCUT2D eigenvalue weighted by atomic mass is 32.2. The Morgan fingerprint density at radius 2 is 1.50 bits per heavy atom. The molecule has 36 heavy (non-hydrogen) atoms. The summed E-state index contributed by atoms with van der Waals surface area (Å²) < 4.78 is 2.20. The first-order valence-electron chi connectivity index (χ1n) is 11.9. The van der Waals surface area contributed by atoms with Crippen LogP contribution in [-0.4, -0.2) is 20.6 Å². The quantitative estimate of drug-likeness (QED) is 0.242. The van der Waals surface area contributed by atoms with Gasteiger partial charge in [0.15, 0.2) is 0 Å². The van der Waals surface area contributed by atoms with Crippen LogP contribution < -0.4 is 0 Å². The SMILES string of the molecule is Cc1ccc(Cn2cc(/C=C3\SC(=O)N(Cc4cccc5ccccc45)C3=O)c3ccccc32)cc1. The maximum Gasteiger partial charge on any atom is 0.293 e. The molecule has 1 aliphatic heterocycles. The Morgan fingerprint density at radius 3 is 2.33 bits per heavy atom. The summed E-state index contributed by atoms with van der Waals surface area (Å²) in [6.07, 6.45) is 3.94. The molecule has 4 nitrogen and oxygen atoms in total. The number of nitrogens with zero attached hydrogens (tertiary/aromatic N) is 2. The van der Waals surface area contributed by atoms with Crippen LogP contribution in [0.25, 0.3) is 27.8 Å². The molecule has 6 rings (SSSR count). The molecule has 0 unspecified atom stereocenters. The van der Waals surface area contributed by atoms with Gasteiger partial charge in [-0.3, -0.25) is 14.5 Å². The fraction of sp³-hybridized carbons (Fsp3) is 0.0968. The molecule has 1 aliphatic rings. The summed E-state index contributed by atoms with van der Waals surface area (Å²) >= 11 is 1.01. The smallest absolute Gasteiger partial charge is 0.293 e. The van der Waals surface area contributed by atoms with E-state index in [9.17, 15) is 9.59 Å². The third-order valence-corrected chi connectivity index (χ3v) is 7.57. The molecule has 176 valence electrons. The van der Waals surface area contributed by atoms with Crippen molar-refractivity contribution in [1.82, 2.24) is 9.47 Å². The number of para-hydroxylation sites is 1. The van der Waals surface area contributed by atoms with E-state index in [4.69, 9.17) is 0 Å². The molecular weight excluding hydrogens is 464 g/mol. The molecule has 2 heterocycles. The van der Waals surface area contributed by atoms with Gasteiger partial charge in [0.1, 0.15) is 0 Å². The van der Waals surface area contributed by atoms with Gasteiger partial charge in [-0.05, 0) is 52.7 Å². The first-order chi connectivity index (χ1) is 17.6. The predicted octanol–water partition coefficient (Wildman–Crippen LogP) is 7.39. The van der Waals surface area contributed by atoms with Crippen LogP contribution in [0.5, 0.6) is 0 Å². The van der Waals surface area contributed by atoms with Crippen LogP contribution in [0.15, 0.2) is 102 Å². The van der Waals surface area contributed by atoms with Crippen molar-refractivity contribution in [3.63, 3.8) is 0 Å². The minimum Gasteiger partial charge on any atom is -0.342 e. The van der Waals surface area contributed by atoms with Gasteiger partial charge in [0.2, 0.25) is 0 Å². The molecule has 0 atom stereocenters. The second kappa shape index (κ2) is 9.17. The highest BCUT2D eigenvalue weighted by Gasteiger charge is 2.35. The molecule has 0 N–H and O–H groups in total. The zero-order chi connectivity index (χ0) is 24.6. The van der Waals surface area contributed by atoms with Crippen molar-refractivity contribution < 1.29 is 9.59 Å². The van der Waals surface area contributed by atoms with Crippen molar-refractivity contribution >= 4 is 50.7 Å². The first kappa shape index (κ1) is 22.4. The molecule has 0 aliphatic carbocycles. The van der Waals surface area contributed by atoms with Crippen molar-refractivity contribution in [2.45, 2.75) is 20.0 Å². The molecule has 5 heteroatoms. The summed E-state index contributed by atoms with van der Waals surface area (Å²) in [5.74, 6) is -0.242. The molecule has 1 aromatic heterocycles. The maximum atomic E-state index is 13.3. The molecule has 0 radical (unpaired) electrons.